The van der Waals surface area contributed by atoms with E-state index in [0.717, 1.165) is 13.0 Å². The summed E-state index contributed by atoms with van der Waals surface area (Å²) < 4.78 is 0. The van der Waals surface area contributed by atoms with E-state index in [1.54, 1.807) is 11.3 Å². The van der Waals surface area contributed by atoms with Gasteiger partial charge in [0.15, 0.2) is 0 Å². The molecule has 1 N–H and O–H groups in total. The first kappa shape index (κ1) is 14.3. The Morgan fingerprint density at radius 2 is 1.84 bits per heavy atom. The standard InChI is InChI=1S/C17H23NS/c1-5-8-18-17(16-11-19-10-14(16)4)15-7-6-12(2)13(3)9-15/h6-7,9-11,17-18H,5,8H2,1-4H3. The van der Waals surface area contributed by atoms with E-state index < -0.39 is 0 Å². The second-order valence-corrected chi connectivity index (χ2v) is 5.98. The van der Waals surface area contributed by atoms with Crippen molar-refractivity contribution in [2.75, 3.05) is 6.54 Å². The first-order valence-electron chi connectivity index (χ1n) is 6.96. The van der Waals surface area contributed by atoms with E-state index in [4.69, 9.17) is 0 Å². The fourth-order valence-electron chi connectivity index (χ4n) is 2.31. The van der Waals surface area contributed by atoms with Gasteiger partial charge in [0, 0.05) is 0 Å². The van der Waals surface area contributed by atoms with Crippen molar-refractivity contribution in [3.8, 4) is 0 Å². The van der Waals surface area contributed by atoms with Crippen LogP contribution in [0.25, 0.3) is 0 Å². The van der Waals surface area contributed by atoms with Crippen molar-refractivity contribution in [2.24, 2.45) is 0 Å². The molecular formula is C17H23NS. The summed E-state index contributed by atoms with van der Waals surface area (Å²) in [7, 11) is 0. The topological polar surface area (TPSA) is 12.0 Å². The Bertz CT molecular complexity index is 542. The molecule has 2 rings (SSSR count). The van der Waals surface area contributed by atoms with E-state index in [9.17, 15) is 0 Å². The molecule has 0 bridgehead atoms. The number of nitrogens with one attached hydrogen (secondary N) is 1. The molecule has 0 aliphatic carbocycles. The smallest absolute Gasteiger partial charge is 0.0587 e. The Hall–Kier alpha value is -1.12. The summed E-state index contributed by atoms with van der Waals surface area (Å²) in [6.45, 7) is 9.82. The van der Waals surface area contributed by atoms with E-state index in [0.29, 0.717) is 6.04 Å². The molecule has 0 aliphatic rings. The summed E-state index contributed by atoms with van der Waals surface area (Å²) >= 11 is 1.79. The molecule has 0 aliphatic heterocycles. The maximum absolute atomic E-state index is 3.68. The molecule has 0 spiro atoms. The Morgan fingerprint density at radius 1 is 1.05 bits per heavy atom. The number of aryl methyl sites for hydroxylation is 3. The quantitative estimate of drug-likeness (QED) is 0.828. The molecule has 2 heteroatoms. The number of hydrogen-bond acceptors (Lipinski definition) is 2. The van der Waals surface area contributed by atoms with Gasteiger partial charge in [0.05, 0.1) is 6.04 Å². The summed E-state index contributed by atoms with van der Waals surface area (Å²) in [5.41, 5.74) is 6.91. The van der Waals surface area contributed by atoms with Gasteiger partial charge in [-0.2, -0.15) is 11.3 Å². The third kappa shape index (κ3) is 3.26. The van der Waals surface area contributed by atoms with Gasteiger partial charge in [-0.25, -0.2) is 0 Å². The number of rotatable bonds is 5. The van der Waals surface area contributed by atoms with Gasteiger partial charge < -0.3 is 5.32 Å². The summed E-state index contributed by atoms with van der Waals surface area (Å²) in [5, 5.41) is 8.19. The molecule has 0 amide bonds. The zero-order valence-corrected chi connectivity index (χ0v) is 13.1. The molecule has 102 valence electrons. The highest BCUT2D eigenvalue weighted by atomic mass is 32.1. The molecule has 0 saturated heterocycles. The first-order chi connectivity index (χ1) is 9.13. The van der Waals surface area contributed by atoms with Crippen molar-refractivity contribution in [1.82, 2.24) is 5.32 Å². The average Bonchev–Trinajstić information content (AvgIpc) is 2.80. The van der Waals surface area contributed by atoms with Crippen LogP contribution in [0.5, 0.6) is 0 Å². The van der Waals surface area contributed by atoms with E-state index >= 15 is 0 Å². The lowest BCUT2D eigenvalue weighted by atomic mass is 9.95. The third-order valence-electron chi connectivity index (χ3n) is 3.67. The van der Waals surface area contributed by atoms with Crippen molar-refractivity contribution < 1.29 is 0 Å². The van der Waals surface area contributed by atoms with Crippen LogP contribution >= 0.6 is 11.3 Å². The summed E-state index contributed by atoms with van der Waals surface area (Å²) in [6.07, 6.45) is 1.16. The maximum atomic E-state index is 3.68. The fraction of sp³-hybridized carbons (Fsp3) is 0.412. The van der Waals surface area contributed by atoms with Gasteiger partial charge in [-0.3, -0.25) is 0 Å². The lowest BCUT2D eigenvalue weighted by molar-refractivity contribution is 0.597. The van der Waals surface area contributed by atoms with Gasteiger partial charge in [-0.15, -0.1) is 0 Å². The second kappa shape index (κ2) is 6.36. The summed E-state index contributed by atoms with van der Waals surface area (Å²) in [5.74, 6) is 0. The molecule has 1 unspecified atom stereocenters. The van der Waals surface area contributed by atoms with Crippen LogP contribution in [0.2, 0.25) is 0 Å². The van der Waals surface area contributed by atoms with Crippen LogP contribution in [-0.4, -0.2) is 6.54 Å². The third-order valence-corrected chi connectivity index (χ3v) is 4.55. The minimum atomic E-state index is 0.325. The monoisotopic (exact) mass is 273 g/mol. The Morgan fingerprint density at radius 3 is 2.42 bits per heavy atom. The van der Waals surface area contributed by atoms with Crippen LogP contribution in [0.3, 0.4) is 0 Å². The molecule has 1 aromatic carbocycles. The minimum Gasteiger partial charge on any atom is -0.306 e. The van der Waals surface area contributed by atoms with Crippen LogP contribution < -0.4 is 5.32 Å². The largest absolute Gasteiger partial charge is 0.306 e. The number of thiophene rings is 1. The molecule has 0 radical (unpaired) electrons. The molecule has 19 heavy (non-hydrogen) atoms. The number of hydrogen-bond donors (Lipinski definition) is 1. The fourth-order valence-corrected chi connectivity index (χ4v) is 3.18. The lowest BCUT2D eigenvalue weighted by Gasteiger charge is -2.20. The highest BCUT2D eigenvalue weighted by Crippen LogP contribution is 2.28. The molecule has 0 fully saturated rings. The van der Waals surface area contributed by atoms with Crippen molar-refractivity contribution >= 4 is 11.3 Å². The summed E-state index contributed by atoms with van der Waals surface area (Å²) in [4.78, 5) is 0. The van der Waals surface area contributed by atoms with Crippen molar-refractivity contribution in [2.45, 2.75) is 40.2 Å². The molecule has 1 aromatic heterocycles. The zero-order valence-electron chi connectivity index (χ0n) is 12.3. The van der Waals surface area contributed by atoms with Gasteiger partial charge in [0.2, 0.25) is 0 Å². The highest BCUT2D eigenvalue weighted by molar-refractivity contribution is 7.08. The normalized spacial score (nSPS) is 12.6. The molecule has 0 saturated carbocycles. The van der Waals surface area contributed by atoms with E-state index in [1.165, 1.54) is 27.8 Å². The number of benzene rings is 1. The highest BCUT2D eigenvalue weighted by Gasteiger charge is 2.16. The Labute approximate surface area is 120 Å². The predicted molar refractivity (Wildman–Crippen MR) is 85.1 cm³/mol. The molecular weight excluding hydrogens is 250 g/mol. The van der Waals surface area contributed by atoms with Gasteiger partial charge in [0.25, 0.3) is 0 Å². The average molecular weight is 273 g/mol. The van der Waals surface area contributed by atoms with Crippen molar-refractivity contribution in [3.63, 3.8) is 0 Å². The molecule has 2 aromatic rings. The van der Waals surface area contributed by atoms with Crippen LogP contribution in [-0.2, 0) is 0 Å². The SMILES string of the molecule is CCCNC(c1ccc(C)c(C)c1)c1cscc1C. The Balaban J connectivity index is 2.37. The second-order valence-electron chi connectivity index (χ2n) is 5.24. The molecule has 1 nitrogen and oxygen atoms in total. The van der Waals surface area contributed by atoms with Gasteiger partial charge in [-0.05, 0) is 72.3 Å². The molecule has 1 atom stereocenters. The van der Waals surface area contributed by atoms with Crippen LogP contribution in [0.4, 0.5) is 0 Å². The molecule has 1 heterocycles. The van der Waals surface area contributed by atoms with Crippen molar-refractivity contribution in [1.29, 1.82) is 0 Å². The predicted octanol–water partition coefficient (Wildman–Crippen LogP) is 4.76. The van der Waals surface area contributed by atoms with Crippen LogP contribution in [0.1, 0.15) is 47.2 Å². The van der Waals surface area contributed by atoms with Crippen LogP contribution in [0.15, 0.2) is 29.0 Å². The minimum absolute atomic E-state index is 0.325. The Kier molecular flexibility index (Phi) is 4.78. The van der Waals surface area contributed by atoms with Gasteiger partial charge in [0.1, 0.15) is 0 Å². The maximum Gasteiger partial charge on any atom is 0.0587 e. The van der Waals surface area contributed by atoms with Gasteiger partial charge in [-0.1, -0.05) is 25.1 Å². The van der Waals surface area contributed by atoms with Gasteiger partial charge >= 0.3 is 0 Å². The van der Waals surface area contributed by atoms with E-state index in [1.807, 2.05) is 0 Å². The zero-order chi connectivity index (χ0) is 13.8. The van der Waals surface area contributed by atoms with Crippen LogP contribution in [0, 0.1) is 20.8 Å². The summed E-state index contributed by atoms with van der Waals surface area (Å²) in [6, 6.07) is 7.13. The first-order valence-corrected chi connectivity index (χ1v) is 7.91. The van der Waals surface area contributed by atoms with E-state index in [2.05, 4.69) is 62.0 Å². The van der Waals surface area contributed by atoms with Crippen molar-refractivity contribution in [3.05, 3.63) is 56.8 Å². The van der Waals surface area contributed by atoms with E-state index in [-0.39, 0.29) is 0 Å². The lowest BCUT2D eigenvalue weighted by Crippen LogP contribution is -2.23.